The van der Waals surface area contributed by atoms with Gasteiger partial charge in [-0.05, 0) is 30.5 Å². The smallest absolute Gasteiger partial charge is 0.265 e. The van der Waals surface area contributed by atoms with Crippen molar-refractivity contribution in [1.82, 2.24) is 14.8 Å². The highest BCUT2D eigenvalue weighted by molar-refractivity contribution is 7.92. The standard InChI is InChI=1S/C20H19N5O3S3/c1-13-6-8-14(9-7-13)31(27,28)25(3)19-15(11-21-24(19)2)18(26)23-20-22-16(12-30-20)17-5-4-10-29-17/h4-12H,1-3H3,(H,22,23,26). The molecule has 0 aliphatic heterocycles. The van der Waals surface area contributed by atoms with Gasteiger partial charge in [0.2, 0.25) is 0 Å². The summed E-state index contributed by atoms with van der Waals surface area (Å²) in [5, 5.41) is 11.1. The molecule has 31 heavy (non-hydrogen) atoms. The first kappa shape index (κ1) is 21.2. The van der Waals surface area contributed by atoms with Crippen LogP contribution in [0.15, 0.2) is 58.3 Å². The molecular formula is C20H19N5O3S3. The van der Waals surface area contributed by atoms with E-state index in [2.05, 4.69) is 15.4 Å². The summed E-state index contributed by atoms with van der Waals surface area (Å²) in [6.07, 6.45) is 1.35. The number of aryl methyl sites for hydroxylation is 2. The van der Waals surface area contributed by atoms with Crippen LogP contribution in [0.25, 0.3) is 10.6 Å². The van der Waals surface area contributed by atoms with Gasteiger partial charge >= 0.3 is 0 Å². The van der Waals surface area contributed by atoms with E-state index >= 15 is 0 Å². The minimum absolute atomic E-state index is 0.133. The summed E-state index contributed by atoms with van der Waals surface area (Å²) in [5.41, 5.74) is 1.86. The molecule has 1 aromatic carbocycles. The molecule has 0 unspecified atom stereocenters. The lowest BCUT2D eigenvalue weighted by Crippen LogP contribution is -2.30. The number of hydrogen-bond acceptors (Lipinski definition) is 7. The van der Waals surface area contributed by atoms with E-state index in [1.807, 2.05) is 29.8 Å². The Hall–Kier alpha value is -3.02. The minimum atomic E-state index is -3.87. The maximum Gasteiger partial charge on any atom is 0.265 e. The molecule has 0 saturated heterocycles. The molecule has 0 fully saturated rings. The summed E-state index contributed by atoms with van der Waals surface area (Å²) in [4.78, 5) is 18.5. The Labute approximate surface area is 187 Å². The first-order valence-electron chi connectivity index (χ1n) is 9.15. The number of nitrogens with one attached hydrogen (secondary N) is 1. The molecule has 0 aliphatic rings. The fourth-order valence-corrected chi connectivity index (χ4v) is 5.69. The maximum atomic E-state index is 13.1. The predicted molar refractivity (Wildman–Crippen MR) is 123 cm³/mol. The molecule has 0 spiro atoms. The number of thiazole rings is 1. The van der Waals surface area contributed by atoms with Crippen molar-refractivity contribution < 1.29 is 13.2 Å². The summed E-state index contributed by atoms with van der Waals surface area (Å²) < 4.78 is 28.6. The van der Waals surface area contributed by atoms with Gasteiger partial charge < -0.3 is 0 Å². The Balaban J connectivity index is 1.61. The van der Waals surface area contributed by atoms with Gasteiger partial charge in [0.05, 0.1) is 21.7 Å². The molecule has 0 saturated carbocycles. The average Bonchev–Trinajstić information content (AvgIpc) is 3.48. The lowest BCUT2D eigenvalue weighted by atomic mass is 10.2. The van der Waals surface area contributed by atoms with E-state index in [4.69, 9.17) is 0 Å². The second kappa shape index (κ2) is 8.25. The lowest BCUT2D eigenvalue weighted by Gasteiger charge is -2.20. The zero-order chi connectivity index (χ0) is 22.2. The van der Waals surface area contributed by atoms with Crippen molar-refractivity contribution in [3.05, 3.63) is 64.5 Å². The number of carbonyl (C=O) groups is 1. The van der Waals surface area contributed by atoms with Crippen molar-refractivity contribution in [3.63, 3.8) is 0 Å². The van der Waals surface area contributed by atoms with E-state index in [1.54, 1.807) is 42.6 Å². The summed E-state index contributed by atoms with van der Waals surface area (Å²) in [6.45, 7) is 1.88. The Morgan fingerprint density at radius 2 is 1.90 bits per heavy atom. The molecule has 8 nitrogen and oxygen atoms in total. The van der Waals surface area contributed by atoms with Gasteiger partial charge in [-0.15, -0.1) is 22.7 Å². The molecule has 160 valence electrons. The molecule has 4 aromatic rings. The van der Waals surface area contributed by atoms with E-state index in [9.17, 15) is 13.2 Å². The number of thiophene rings is 1. The van der Waals surface area contributed by atoms with Crippen molar-refractivity contribution in [2.24, 2.45) is 7.05 Å². The molecule has 1 amide bonds. The third kappa shape index (κ3) is 4.11. The van der Waals surface area contributed by atoms with Gasteiger partial charge in [0.25, 0.3) is 15.9 Å². The van der Waals surface area contributed by atoms with E-state index in [1.165, 1.54) is 29.3 Å². The number of rotatable bonds is 6. The van der Waals surface area contributed by atoms with E-state index in [0.717, 1.165) is 20.4 Å². The Kier molecular flexibility index (Phi) is 5.65. The molecule has 1 N–H and O–H groups in total. The topological polar surface area (TPSA) is 97.2 Å². The van der Waals surface area contributed by atoms with Crippen LogP contribution in [0.2, 0.25) is 0 Å². The first-order chi connectivity index (χ1) is 14.8. The zero-order valence-corrected chi connectivity index (χ0v) is 19.4. The van der Waals surface area contributed by atoms with Crippen molar-refractivity contribution in [2.75, 3.05) is 16.7 Å². The molecule has 0 atom stereocenters. The van der Waals surface area contributed by atoms with Crippen LogP contribution in [0.5, 0.6) is 0 Å². The van der Waals surface area contributed by atoms with Crippen LogP contribution in [-0.2, 0) is 17.1 Å². The van der Waals surface area contributed by atoms with Gasteiger partial charge in [0, 0.05) is 19.5 Å². The van der Waals surface area contributed by atoms with Crippen LogP contribution in [0.4, 0.5) is 10.9 Å². The van der Waals surface area contributed by atoms with Gasteiger partial charge in [-0.2, -0.15) is 5.10 Å². The fraction of sp³-hybridized carbons (Fsp3) is 0.150. The molecule has 11 heteroatoms. The molecule has 0 bridgehead atoms. The molecule has 0 radical (unpaired) electrons. The zero-order valence-electron chi connectivity index (χ0n) is 16.9. The number of nitrogens with zero attached hydrogens (tertiary/aromatic N) is 4. The Morgan fingerprint density at radius 3 is 2.58 bits per heavy atom. The van der Waals surface area contributed by atoms with E-state index in [0.29, 0.717) is 5.13 Å². The minimum Gasteiger partial charge on any atom is -0.298 e. The fourth-order valence-electron chi connectivity index (χ4n) is 2.98. The highest BCUT2D eigenvalue weighted by Crippen LogP contribution is 2.30. The molecule has 4 rings (SSSR count). The number of anilines is 2. The average molecular weight is 474 g/mol. The summed E-state index contributed by atoms with van der Waals surface area (Å²) >= 11 is 2.86. The monoisotopic (exact) mass is 473 g/mol. The van der Waals surface area contributed by atoms with Crippen LogP contribution in [0.3, 0.4) is 0 Å². The largest absolute Gasteiger partial charge is 0.298 e. The molecule has 3 aromatic heterocycles. The summed E-state index contributed by atoms with van der Waals surface area (Å²) in [5.74, 6) is -0.325. The highest BCUT2D eigenvalue weighted by atomic mass is 32.2. The Morgan fingerprint density at radius 1 is 1.16 bits per heavy atom. The van der Waals surface area contributed by atoms with Crippen molar-refractivity contribution in [2.45, 2.75) is 11.8 Å². The lowest BCUT2D eigenvalue weighted by molar-refractivity contribution is 0.102. The van der Waals surface area contributed by atoms with Crippen molar-refractivity contribution >= 4 is 49.6 Å². The number of amides is 1. The Bertz CT molecular complexity index is 1320. The second-order valence-electron chi connectivity index (χ2n) is 6.76. The number of benzene rings is 1. The third-order valence-electron chi connectivity index (χ3n) is 4.63. The van der Waals surface area contributed by atoms with Crippen LogP contribution in [-0.4, -0.2) is 36.1 Å². The molecular weight excluding hydrogens is 454 g/mol. The summed E-state index contributed by atoms with van der Waals surface area (Å²) in [7, 11) is -0.882. The van der Waals surface area contributed by atoms with Crippen molar-refractivity contribution in [3.8, 4) is 10.6 Å². The van der Waals surface area contributed by atoms with Crippen LogP contribution in [0.1, 0.15) is 15.9 Å². The number of aromatic nitrogens is 3. The first-order valence-corrected chi connectivity index (χ1v) is 12.4. The highest BCUT2D eigenvalue weighted by Gasteiger charge is 2.29. The SMILES string of the molecule is Cc1ccc(S(=O)(=O)N(C)c2c(C(=O)Nc3nc(-c4cccs4)cs3)cnn2C)cc1. The number of hydrogen-bond donors (Lipinski definition) is 1. The predicted octanol–water partition coefficient (Wildman–Crippen LogP) is 3.99. The van der Waals surface area contributed by atoms with Crippen LogP contribution >= 0.6 is 22.7 Å². The maximum absolute atomic E-state index is 13.1. The van der Waals surface area contributed by atoms with Crippen LogP contribution < -0.4 is 9.62 Å². The van der Waals surface area contributed by atoms with Gasteiger partial charge in [0.15, 0.2) is 10.9 Å². The van der Waals surface area contributed by atoms with E-state index in [-0.39, 0.29) is 16.3 Å². The van der Waals surface area contributed by atoms with E-state index < -0.39 is 15.9 Å². The molecule has 3 heterocycles. The normalized spacial score (nSPS) is 11.5. The third-order valence-corrected chi connectivity index (χ3v) is 8.04. The number of sulfonamides is 1. The van der Waals surface area contributed by atoms with Gasteiger partial charge in [-0.3, -0.25) is 19.1 Å². The van der Waals surface area contributed by atoms with Crippen molar-refractivity contribution in [1.29, 1.82) is 0 Å². The van der Waals surface area contributed by atoms with Gasteiger partial charge in [-0.25, -0.2) is 13.4 Å². The quantitative estimate of drug-likeness (QED) is 0.457. The van der Waals surface area contributed by atoms with Gasteiger partial charge in [0.1, 0.15) is 5.56 Å². The number of carbonyl (C=O) groups excluding carboxylic acids is 1. The second-order valence-corrected chi connectivity index (χ2v) is 10.5. The van der Waals surface area contributed by atoms with Gasteiger partial charge in [-0.1, -0.05) is 23.8 Å². The summed E-state index contributed by atoms with van der Waals surface area (Å²) in [6, 6.07) is 10.4. The molecule has 0 aliphatic carbocycles. The van der Waals surface area contributed by atoms with Crippen LogP contribution in [0, 0.1) is 6.92 Å².